The number of nitrogens with zero attached hydrogens (tertiary/aromatic N) is 4. The predicted octanol–water partition coefficient (Wildman–Crippen LogP) is 2.84. The number of piperidine rings is 1. The highest BCUT2D eigenvalue weighted by Crippen LogP contribution is 2.55. The van der Waals surface area contributed by atoms with Crippen molar-refractivity contribution in [2.45, 2.75) is 44.9 Å². The van der Waals surface area contributed by atoms with Crippen LogP contribution in [0.1, 0.15) is 55.4 Å². The second-order valence-electron chi connectivity index (χ2n) is 11.6. The SMILES string of the molecule is COc1ccc(C(=O)Nc2cnc(NS(=O)(=O)CCO)cc2N2CCC3(CC2)CC3)nc1N1CCC2(CC2)C1. The Morgan fingerprint density at radius 3 is 2.38 bits per heavy atom. The van der Waals surface area contributed by atoms with E-state index in [1.54, 1.807) is 25.3 Å². The Labute approximate surface area is 229 Å². The van der Waals surface area contributed by atoms with E-state index in [2.05, 4.69) is 24.8 Å². The molecule has 0 atom stereocenters. The zero-order chi connectivity index (χ0) is 27.3. The lowest BCUT2D eigenvalue weighted by molar-refractivity contribution is 0.102. The highest BCUT2D eigenvalue weighted by molar-refractivity contribution is 7.92. The van der Waals surface area contributed by atoms with Crippen LogP contribution in [0.2, 0.25) is 0 Å². The number of aromatic nitrogens is 2. The molecule has 2 aromatic rings. The first-order chi connectivity index (χ1) is 18.7. The van der Waals surface area contributed by atoms with Crippen LogP contribution in [0.3, 0.4) is 0 Å². The first-order valence-electron chi connectivity index (χ1n) is 13.7. The van der Waals surface area contributed by atoms with Crippen LogP contribution in [0, 0.1) is 10.8 Å². The van der Waals surface area contributed by atoms with Gasteiger partial charge in [-0.25, -0.2) is 18.4 Å². The first-order valence-corrected chi connectivity index (χ1v) is 15.4. The molecule has 2 aliphatic carbocycles. The normalized spacial score (nSPS) is 20.8. The molecule has 12 heteroatoms. The summed E-state index contributed by atoms with van der Waals surface area (Å²) in [5.41, 5.74) is 2.33. The predicted molar refractivity (Wildman–Crippen MR) is 149 cm³/mol. The zero-order valence-corrected chi connectivity index (χ0v) is 23.1. The highest BCUT2D eigenvalue weighted by atomic mass is 32.2. The minimum Gasteiger partial charge on any atom is -0.493 e. The molecule has 3 N–H and O–H groups in total. The minimum absolute atomic E-state index is 0.149. The number of amides is 1. The lowest BCUT2D eigenvalue weighted by Gasteiger charge is -2.35. The van der Waals surface area contributed by atoms with Crippen LogP contribution < -0.4 is 24.6 Å². The molecule has 2 saturated carbocycles. The summed E-state index contributed by atoms with van der Waals surface area (Å²) in [6.07, 6.45) is 9.75. The van der Waals surface area contributed by atoms with Crippen molar-refractivity contribution in [3.8, 4) is 5.75 Å². The summed E-state index contributed by atoms with van der Waals surface area (Å²) in [4.78, 5) is 26.8. The lowest BCUT2D eigenvalue weighted by Crippen LogP contribution is -2.35. The number of nitrogens with one attached hydrogen (secondary N) is 2. The van der Waals surface area contributed by atoms with E-state index < -0.39 is 22.4 Å². The zero-order valence-electron chi connectivity index (χ0n) is 22.3. The molecule has 11 nitrogen and oxygen atoms in total. The van der Waals surface area contributed by atoms with Gasteiger partial charge in [0, 0.05) is 32.2 Å². The first kappa shape index (κ1) is 26.1. The van der Waals surface area contributed by atoms with Crippen molar-refractivity contribution in [1.82, 2.24) is 9.97 Å². The molecule has 4 heterocycles. The number of anilines is 4. The monoisotopic (exact) mass is 556 g/mol. The topological polar surface area (TPSA) is 137 Å². The Balaban J connectivity index is 1.25. The van der Waals surface area contributed by atoms with Crippen LogP contribution in [0.25, 0.3) is 0 Å². The fraction of sp³-hybridized carbons (Fsp3) is 0.593. The van der Waals surface area contributed by atoms with Gasteiger partial charge in [-0.15, -0.1) is 0 Å². The Morgan fingerprint density at radius 1 is 1.05 bits per heavy atom. The van der Waals surface area contributed by atoms with E-state index >= 15 is 0 Å². The number of carbonyl (C=O) groups is 1. The number of aliphatic hydroxyl groups excluding tert-OH is 1. The fourth-order valence-corrected chi connectivity index (χ4v) is 6.70. The third kappa shape index (κ3) is 5.49. The third-order valence-corrected chi connectivity index (χ3v) is 10.1. The van der Waals surface area contributed by atoms with E-state index in [0.717, 1.165) is 45.4 Å². The van der Waals surface area contributed by atoms with Crippen molar-refractivity contribution in [3.05, 3.63) is 30.1 Å². The summed E-state index contributed by atoms with van der Waals surface area (Å²) in [6.45, 7) is 2.97. The lowest BCUT2D eigenvalue weighted by atomic mass is 9.93. The number of sulfonamides is 1. The van der Waals surface area contributed by atoms with Gasteiger partial charge in [-0.05, 0) is 67.9 Å². The summed E-state index contributed by atoms with van der Waals surface area (Å²) in [7, 11) is -2.13. The van der Waals surface area contributed by atoms with Crippen LogP contribution in [0.5, 0.6) is 5.75 Å². The van der Waals surface area contributed by atoms with Crippen molar-refractivity contribution in [2.24, 2.45) is 10.8 Å². The van der Waals surface area contributed by atoms with Gasteiger partial charge in [-0.1, -0.05) is 0 Å². The molecule has 0 unspecified atom stereocenters. The summed E-state index contributed by atoms with van der Waals surface area (Å²) in [6, 6.07) is 5.09. The Kier molecular flexibility index (Phi) is 6.57. The second kappa shape index (κ2) is 9.81. The third-order valence-electron chi connectivity index (χ3n) is 8.86. The Morgan fingerprint density at radius 2 is 1.74 bits per heavy atom. The van der Waals surface area contributed by atoms with Crippen molar-refractivity contribution in [1.29, 1.82) is 0 Å². The molecule has 39 heavy (non-hydrogen) atoms. The van der Waals surface area contributed by atoms with Gasteiger partial charge in [-0.2, -0.15) is 0 Å². The van der Waals surface area contributed by atoms with E-state index in [9.17, 15) is 13.2 Å². The van der Waals surface area contributed by atoms with Crippen LogP contribution in [0.4, 0.5) is 23.0 Å². The van der Waals surface area contributed by atoms with Gasteiger partial charge in [0.1, 0.15) is 11.5 Å². The van der Waals surface area contributed by atoms with Crippen LogP contribution >= 0.6 is 0 Å². The fourth-order valence-electron chi connectivity index (χ4n) is 5.92. The molecule has 0 bridgehead atoms. The van der Waals surface area contributed by atoms with Crippen molar-refractivity contribution >= 4 is 38.9 Å². The molecule has 210 valence electrons. The summed E-state index contributed by atoms with van der Waals surface area (Å²) in [5.74, 6) is 0.695. The molecule has 2 spiro atoms. The van der Waals surface area contributed by atoms with Gasteiger partial charge in [0.25, 0.3) is 5.91 Å². The van der Waals surface area contributed by atoms with E-state index in [-0.39, 0.29) is 17.4 Å². The summed E-state index contributed by atoms with van der Waals surface area (Å²) in [5, 5.41) is 12.1. The highest BCUT2D eigenvalue weighted by Gasteiger charge is 2.48. The van der Waals surface area contributed by atoms with E-state index in [1.807, 2.05) is 0 Å². The van der Waals surface area contributed by atoms with E-state index in [4.69, 9.17) is 14.8 Å². The van der Waals surface area contributed by atoms with E-state index in [1.165, 1.54) is 31.9 Å². The number of rotatable bonds is 9. The molecule has 0 radical (unpaired) electrons. The molecule has 2 aromatic heterocycles. The molecule has 4 fully saturated rings. The van der Waals surface area contributed by atoms with Crippen molar-refractivity contribution in [2.75, 3.05) is 65.5 Å². The van der Waals surface area contributed by atoms with Crippen molar-refractivity contribution in [3.63, 3.8) is 0 Å². The number of aliphatic hydroxyl groups is 1. The number of methoxy groups -OCH3 is 1. The maximum atomic E-state index is 13.4. The van der Waals surface area contributed by atoms with Gasteiger partial charge in [0.05, 0.1) is 37.0 Å². The smallest absolute Gasteiger partial charge is 0.274 e. The standard InChI is InChI=1S/C27H36N6O5S/c1-38-22-3-2-19(29-24(22)33-13-10-27(18-33)6-7-27)25(35)30-20-17-28-23(31-39(36,37)15-14-34)16-21(20)32-11-8-26(4-5-26)9-12-32/h2-3,16-17,34H,4-15,18H2,1H3,(H,28,31)(H,30,35). The van der Waals surface area contributed by atoms with Gasteiger partial charge < -0.3 is 25.0 Å². The number of carbonyl (C=O) groups excluding carboxylic acids is 1. The molecule has 4 aliphatic rings. The largest absolute Gasteiger partial charge is 0.493 e. The molecule has 2 saturated heterocycles. The summed E-state index contributed by atoms with van der Waals surface area (Å²) >= 11 is 0. The number of pyridine rings is 2. The van der Waals surface area contributed by atoms with Crippen LogP contribution in [0.15, 0.2) is 24.4 Å². The van der Waals surface area contributed by atoms with Crippen molar-refractivity contribution < 1.29 is 23.1 Å². The maximum absolute atomic E-state index is 13.4. The molecule has 6 rings (SSSR count). The van der Waals surface area contributed by atoms with Gasteiger partial charge >= 0.3 is 0 Å². The second-order valence-corrected chi connectivity index (χ2v) is 13.4. The van der Waals surface area contributed by atoms with Crippen LogP contribution in [-0.4, -0.2) is 75.0 Å². The quantitative estimate of drug-likeness (QED) is 0.426. The molecule has 0 aromatic carbocycles. The molecule has 2 aliphatic heterocycles. The number of hydrogen-bond donors (Lipinski definition) is 3. The van der Waals surface area contributed by atoms with Gasteiger partial charge in [0.15, 0.2) is 11.6 Å². The average Bonchev–Trinajstić information content (AvgIpc) is 3.82. The summed E-state index contributed by atoms with van der Waals surface area (Å²) < 4.78 is 32.5. The van der Waals surface area contributed by atoms with Gasteiger partial charge in [-0.3, -0.25) is 9.52 Å². The molecule has 1 amide bonds. The van der Waals surface area contributed by atoms with E-state index in [0.29, 0.717) is 33.8 Å². The minimum atomic E-state index is -3.74. The Bertz CT molecular complexity index is 1360. The molecular weight excluding hydrogens is 520 g/mol. The Hall–Kier alpha value is -3.12. The maximum Gasteiger partial charge on any atom is 0.274 e. The van der Waals surface area contributed by atoms with Crippen LogP contribution in [-0.2, 0) is 10.0 Å². The number of ether oxygens (including phenoxy) is 1. The average molecular weight is 557 g/mol. The molecular formula is C27H36N6O5S. The number of hydrogen-bond acceptors (Lipinski definition) is 9. The van der Waals surface area contributed by atoms with Gasteiger partial charge in [0.2, 0.25) is 10.0 Å².